The summed E-state index contributed by atoms with van der Waals surface area (Å²) in [6.45, 7) is 4.83. The molecule has 28 heavy (non-hydrogen) atoms. The number of amides is 1. The Labute approximate surface area is 162 Å². The number of hydrogen-bond donors (Lipinski definition) is 2. The molecule has 0 spiro atoms. The molecule has 0 aromatic heterocycles. The summed E-state index contributed by atoms with van der Waals surface area (Å²) in [6, 6.07) is 10.3. The summed E-state index contributed by atoms with van der Waals surface area (Å²) in [7, 11) is -3.81. The Morgan fingerprint density at radius 1 is 1.21 bits per heavy atom. The van der Waals surface area contributed by atoms with Gasteiger partial charge >= 0.3 is 5.97 Å². The molecule has 0 radical (unpaired) electrons. The molecule has 0 aliphatic heterocycles. The monoisotopic (exact) mass is 406 g/mol. The van der Waals surface area contributed by atoms with Crippen LogP contribution in [0.15, 0.2) is 66.1 Å². The molecule has 2 rings (SSSR count). The van der Waals surface area contributed by atoms with Gasteiger partial charge in [0.2, 0.25) is 10.0 Å². The molecule has 0 heterocycles. The van der Waals surface area contributed by atoms with Gasteiger partial charge in [-0.05, 0) is 49.4 Å². The highest BCUT2D eigenvalue weighted by Crippen LogP contribution is 2.14. The summed E-state index contributed by atoms with van der Waals surface area (Å²) in [5.41, 5.74) is 0.318. The molecule has 0 aliphatic carbocycles. The van der Waals surface area contributed by atoms with Crippen LogP contribution < -0.4 is 10.0 Å². The number of nitrogens with one attached hydrogen (secondary N) is 2. The maximum Gasteiger partial charge on any atom is 0.338 e. The number of rotatable bonds is 8. The van der Waals surface area contributed by atoms with Crippen molar-refractivity contribution in [3.8, 4) is 0 Å². The van der Waals surface area contributed by atoms with E-state index >= 15 is 0 Å². The Morgan fingerprint density at radius 3 is 2.54 bits per heavy atom. The highest BCUT2D eigenvalue weighted by atomic mass is 32.2. The maximum absolute atomic E-state index is 12.9. The van der Waals surface area contributed by atoms with Crippen LogP contribution in [0, 0.1) is 5.82 Å². The van der Waals surface area contributed by atoms with Gasteiger partial charge in [-0.2, -0.15) is 0 Å². The topological polar surface area (TPSA) is 102 Å². The molecule has 0 fully saturated rings. The molecule has 2 aromatic carbocycles. The normalized spacial score (nSPS) is 12.1. The van der Waals surface area contributed by atoms with E-state index in [0.29, 0.717) is 5.69 Å². The predicted molar refractivity (Wildman–Crippen MR) is 102 cm³/mol. The predicted octanol–water partition coefficient (Wildman–Crippen LogP) is 2.47. The molecule has 1 amide bonds. The van der Waals surface area contributed by atoms with E-state index in [2.05, 4.69) is 16.6 Å². The quantitative estimate of drug-likeness (QED) is 0.518. The van der Waals surface area contributed by atoms with E-state index in [1.54, 1.807) is 0 Å². The van der Waals surface area contributed by atoms with E-state index in [-0.39, 0.29) is 17.0 Å². The summed E-state index contributed by atoms with van der Waals surface area (Å²) in [5, 5.41) is 2.49. The van der Waals surface area contributed by atoms with Crippen LogP contribution in [-0.4, -0.2) is 32.9 Å². The minimum atomic E-state index is -3.81. The van der Waals surface area contributed by atoms with Gasteiger partial charge in [-0.3, -0.25) is 4.79 Å². The SMILES string of the molecule is C=CCNS(=O)(=O)c1cccc(C(=O)O[C@@H](C)C(=O)Nc2ccc(F)cc2)c1. The maximum atomic E-state index is 12.9. The van der Waals surface area contributed by atoms with Gasteiger partial charge in [0, 0.05) is 12.2 Å². The number of halogens is 1. The van der Waals surface area contributed by atoms with Crippen LogP contribution in [0.2, 0.25) is 0 Å². The molecule has 0 aliphatic rings. The molecule has 0 saturated heterocycles. The summed E-state index contributed by atoms with van der Waals surface area (Å²) < 4.78 is 44.5. The molecule has 148 valence electrons. The van der Waals surface area contributed by atoms with Crippen molar-refractivity contribution in [1.29, 1.82) is 0 Å². The molecule has 9 heteroatoms. The van der Waals surface area contributed by atoms with Gasteiger partial charge in [-0.25, -0.2) is 22.3 Å². The number of carbonyl (C=O) groups excluding carboxylic acids is 2. The minimum absolute atomic E-state index is 0.0251. The van der Waals surface area contributed by atoms with Crippen molar-refractivity contribution in [3.05, 3.63) is 72.6 Å². The Kier molecular flexibility index (Phi) is 7.02. The second kappa shape index (κ2) is 9.25. The van der Waals surface area contributed by atoms with E-state index in [0.717, 1.165) is 6.07 Å². The number of benzene rings is 2. The number of sulfonamides is 1. The van der Waals surface area contributed by atoms with Crippen LogP contribution in [0.25, 0.3) is 0 Å². The van der Waals surface area contributed by atoms with Gasteiger partial charge in [0.15, 0.2) is 6.10 Å². The number of esters is 1. The molecule has 2 N–H and O–H groups in total. The second-order valence-electron chi connectivity index (χ2n) is 5.71. The number of hydrogen-bond acceptors (Lipinski definition) is 5. The second-order valence-corrected chi connectivity index (χ2v) is 7.48. The van der Waals surface area contributed by atoms with E-state index in [1.807, 2.05) is 0 Å². The minimum Gasteiger partial charge on any atom is -0.449 e. The van der Waals surface area contributed by atoms with Crippen molar-refractivity contribution in [3.63, 3.8) is 0 Å². The van der Waals surface area contributed by atoms with E-state index in [9.17, 15) is 22.4 Å². The first-order valence-corrected chi connectivity index (χ1v) is 9.69. The Balaban J connectivity index is 2.05. The van der Waals surface area contributed by atoms with E-state index < -0.39 is 33.8 Å². The molecular formula is C19H19FN2O5S. The van der Waals surface area contributed by atoms with Gasteiger partial charge in [0.05, 0.1) is 10.5 Å². The van der Waals surface area contributed by atoms with Crippen LogP contribution >= 0.6 is 0 Å². The van der Waals surface area contributed by atoms with E-state index in [1.165, 1.54) is 55.5 Å². The first kappa shape index (κ1) is 21.3. The zero-order chi connectivity index (χ0) is 20.7. The molecule has 7 nitrogen and oxygen atoms in total. The molecule has 0 saturated carbocycles. The number of anilines is 1. The third kappa shape index (κ3) is 5.73. The average Bonchev–Trinajstić information content (AvgIpc) is 2.68. The van der Waals surface area contributed by atoms with Crippen LogP contribution in [0.5, 0.6) is 0 Å². The molecule has 2 aromatic rings. The summed E-state index contributed by atoms with van der Waals surface area (Å²) in [6.07, 6.45) is 0.230. The van der Waals surface area contributed by atoms with Crippen molar-refractivity contribution < 1.29 is 27.1 Å². The zero-order valence-electron chi connectivity index (χ0n) is 15.0. The lowest BCUT2D eigenvalue weighted by molar-refractivity contribution is -0.123. The molecule has 0 unspecified atom stereocenters. The van der Waals surface area contributed by atoms with Crippen LogP contribution in [0.1, 0.15) is 17.3 Å². The van der Waals surface area contributed by atoms with Gasteiger partial charge in [-0.1, -0.05) is 12.1 Å². The molecule has 1 atom stereocenters. The summed E-state index contributed by atoms with van der Waals surface area (Å²) in [4.78, 5) is 24.3. The first-order chi connectivity index (χ1) is 13.2. The van der Waals surface area contributed by atoms with Crippen molar-refractivity contribution in [2.45, 2.75) is 17.9 Å². The van der Waals surface area contributed by atoms with Crippen LogP contribution in [0.3, 0.4) is 0 Å². The van der Waals surface area contributed by atoms with Gasteiger partial charge in [0.1, 0.15) is 5.82 Å². The van der Waals surface area contributed by atoms with Gasteiger partial charge in [0.25, 0.3) is 5.91 Å². The van der Waals surface area contributed by atoms with Crippen LogP contribution in [-0.2, 0) is 19.6 Å². The fourth-order valence-corrected chi connectivity index (χ4v) is 3.15. The van der Waals surface area contributed by atoms with Crippen molar-refractivity contribution >= 4 is 27.6 Å². The zero-order valence-corrected chi connectivity index (χ0v) is 15.8. The van der Waals surface area contributed by atoms with Crippen molar-refractivity contribution in [2.75, 3.05) is 11.9 Å². The smallest absolute Gasteiger partial charge is 0.338 e. The average molecular weight is 406 g/mol. The summed E-state index contributed by atoms with van der Waals surface area (Å²) in [5.74, 6) is -1.92. The number of carbonyl (C=O) groups is 2. The largest absolute Gasteiger partial charge is 0.449 e. The summed E-state index contributed by atoms with van der Waals surface area (Å²) >= 11 is 0. The Bertz CT molecular complexity index is 974. The Morgan fingerprint density at radius 2 is 1.89 bits per heavy atom. The standard InChI is InChI=1S/C19H19FN2O5S/c1-3-11-21-28(25,26)17-6-4-5-14(12-17)19(24)27-13(2)18(23)22-16-9-7-15(20)8-10-16/h3-10,12-13,21H,1,11H2,2H3,(H,22,23)/t13-/m0/s1. The highest BCUT2D eigenvalue weighted by Gasteiger charge is 2.21. The first-order valence-electron chi connectivity index (χ1n) is 8.21. The van der Waals surface area contributed by atoms with Gasteiger partial charge < -0.3 is 10.1 Å². The van der Waals surface area contributed by atoms with Gasteiger partial charge in [-0.15, -0.1) is 6.58 Å². The lowest BCUT2D eigenvalue weighted by atomic mass is 10.2. The van der Waals surface area contributed by atoms with Crippen molar-refractivity contribution in [2.24, 2.45) is 0 Å². The molecule has 0 bridgehead atoms. The van der Waals surface area contributed by atoms with Crippen LogP contribution in [0.4, 0.5) is 10.1 Å². The third-order valence-corrected chi connectivity index (χ3v) is 4.98. The van der Waals surface area contributed by atoms with Crippen molar-refractivity contribution in [1.82, 2.24) is 4.72 Å². The highest BCUT2D eigenvalue weighted by molar-refractivity contribution is 7.89. The molecular weight excluding hydrogens is 387 g/mol. The third-order valence-electron chi connectivity index (χ3n) is 3.56. The lowest BCUT2D eigenvalue weighted by Gasteiger charge is -2.14. The number of ether oxygens (including phenoxy) is 1. The lowest BCUT2D eigenvalue weighted by Crippen LogP contribution is -2.30. The fraction of sp³-hybridized carbons (Fsp3) is 0.158. The fourth-order valence-electron chi connectivity index (χ4n) is 2.10. The Hall–Kier alpha value is -3.04. The van der Waals surface area contributed by atoms with E-state index in [4.69, 9.17) is 4.74 Å².